The van der Waals surface area contributed by atoms with Crippen molar-refractivity contribution < 1.29 is 18.0 Å². The number of halogens is 3. The number of carbonyl (C=O) groups excluding carboxylic acids is 1. The summed E-state index contributed by atoms with van der Waals surface area (Å²) < 4.78 is 39.6. The number of carbonyl (C=O) groups is 1. The van der Waals surface area contributed by atoms with Crippen LogP contribution in [0.3, 0.4) is 0 Å². The third-order valence-electron chi connectivity index (χ3n) is 2.68. The van der Waals surface area contributed by atoms with Crippen LogP contribution in [0.4, 0.5) is 18.9 Å². The van der Waals surface area contributed by atoms with Crippen LogP contribution in [-0.4, -0.2) is 13.0 Å². The first-order valence-corrected chi connectivity index (χ1v) is 5.48. The van der Waals surface area contributed by atoms with Crippen molar-refractivity contribution >= 4 is 11.6 Å². The van der Waals surface area contributed by atoms with Crippen molar-refractivity contribution in [1.82, 2.24) is 0 Å². The number of rotatable bonds is 2. The summed E-state index contributed by atoms with van der Waals surface area (Å²) in [7, 11) is 1.36. The monoisotopic (exact) mass is 265 g/mol. The van der Waals surface area contributed by atoms with Gasteiger partial charge in [-0.1, -0.05) is 12.1 Å². The second kappa shape index (κ2) is 5.14. The van der Waals surface area contributed by atoms with E-state index >= 15 is 0 Å². The summed E-state index contributed by atoms with van der Waals surface area (Å²) in [4.78, 5) is 13.1. The fraction of sp³-hybridized carbons (Fsp3) is 0.0714. The summed E-state index contributed by atoms with van der Waals surface area (Å²) in [5.74, 6) is -3.58. The minimum atomic E-state index is -1.21. The number of nitrogens with zero attached hydrogens (tertiary/aromatic N) is 1. The fourth-order valence-electron chi connectivity index (χ4n) is 1.65. The second-order valence-electron chi connectivity index (χ2n) is 3.95. The second-order valence-corrected chi connectivity index (χ2v) is 3.95. The van der Waals surface area contributed by atoms with E-state index in [0.717, 1.165) is 17.0 Å². The molecule has 0 bridgehead atoms. The molecule has 0 atom stereocenters. The lowest BCUT2D eigenvalue weighted by atomic mass is 10.1. The van der Waals surface area contributed by atoms with Crippen LogP contribution in [-0.2, 0) is 0 Å². The Morgan fingerprint density at radius 3 is 2.42 bits per heavy atom. The zero-order valence-corrected chi connectivity index (χ0v) is 10.0. The highest BCUT2D eigenvalue weighted by atomic mass is 19.2. The highest BCUT2D eigenvalue weighted by Gasteiger charge is 2.19. The lowest BCUT2D eigenvalue weighted by molar-refractivity contribution is 0.0988. The van der Waals surface area contributed by atoms with Gasteiger partial charge in [0.15, 0.2) is 11.6 Å². The quantitative estimate of drug-likeness (QED) is 0.815. The average molecular weight is 265 g/mol. The molecule has 5 heteroatoms. The van der Waals surface area contributed by atoms with E-state index in [1.807, 2.05) is 0 Å². The first-order valence-electron chi connectivity index (χ1n) is 5.48. The molecule has 2 nitrogen and oxygen atoms in total. The van der Waals surface area contributed by atoms with Gasteiger partial charge in [0.1, 0.15) is 5.82 Å². The highest BCUT2D eigenvalue weighted by Crippen LogP contribution is 2.19. The van der Waals surface area contributed by atoms with E-state index in [4.69, 9.17) is 0 Å². The molecular formula is C14H10F3NO. The van der Waals surface area contributed by atoms with Crippen LogP contribution in [0.15, 0.2) is 42.5 Å². The van der Waals surface area contributed by atoms with Crippen LogP contribution in [0.1, 0.15) is 10.4 Å². The van der Waals surface area contributed by atoms with Gasteiger partial charge in [-0.15, -0.1) is 0 Å². The van der Waals surface area contributed by atoms with Crippen LogP contribution >= 0.6 is 0 Å². The average Bonchev–Trinajstić information content (AvgIpc) is 2.40. The number of amides is 1. The predicted octanol–water partition coefficient (Wildman–Crippen LogP) is 3.38. The summed E-state index contributed by atoms with van der Waals surface area (Å²) in [5, 5.41) is 0. The van der Waals surface area contributed by atoms with Crippen molar-refractivity contribution in [3.8, 4) is 0 Å². The van der Waals surface area contributed by atoms with Gasteiger partial charge >= 0.3 is 0 Å². The van der Waals surface area contributed by atoms with E-state index in [1.54, 1.807) is 0 Å². The van der Waals surface area contributed by atoms with Crippen molar-refractivity contribution in [2.75, 3.05) is 11.9 Å². The SMILES string of the molecule is CN(C(=O)c1cccc(F)c1F)c1cccc(F)c1. The molecular weight excluding hydrogens is 255 g/mol. The maximum atomic E-state index is 13.5. The largest absolute Gasteiger partial charge is 0.311 e. The Morgan fingerprint density at radius 1 is 1.05 bits per heavy atom. The van der Waals surface area contributed by atoms with Gasteiger partial charge in [-0.05, 0) is 30.3 Å². The zero-order chi connectivity index (χ0) is 14.0. The summed E-state index contributed by atoms with van der Waals surface area (Å²) in [6.07, 6.45) is 0. The van der Waals surface area contributed by atoms with Gasteiger partial charge in [-0.25, -0.2) is 13.2 Å². The molecule has 0 saturated heterocycles. The van der Waals surface area contributed by atoms with E-state index in [1.165, 1.54) is 37.4 Å². The van der Waals surface area contributed by atoms with Gasteiger partial charge < -0.3 is 4.90 Å². The van der Waals surface area contributed by atoms with E-state index in [9.17, 15) is 18.0 Å². The molecule has 0 spiro atoms. The molecule has 0 heterocycles. The normalized spacial score (nSPS) is 10.3. The highest BCUT2D eigenvalue weighted by molar-refractivity contribution is 6.05. The van der Waals surface area contributed by atoms with Gasteiger partial charge in [0, 0.05) is 12.7 Å². The van der Waals surface area contributed by atoms with Gasteiger partial charge in [-0.3, -0.25) is 4.79 Å². The van der Waals surface area contributed by atoms with Gasteiger partial charge in [0.05, 0.1) is 5.56 Å². The smallest absolute Gasteiger partial charge is 0.261 e. The number of anilines is 1. The first-order chi connectivity index (χ1) is 9.00. The summed E-state index contributed by atoms with van der Waals surface area (Å²) in [6, 6.07) is 8.63. The molecule has 0 aliphatic rings. The molecule has 0 aromatic heterocycles. The van der Waals surface area contributed by atoms with Crippen LogP contribution < -0.4 is 4.90 Å². The molecule has 0 fully saturated rings. The Balaban J connectivity index is 2.36. The Morgan fingerprint density at radius 2 is 1.74 bits per heavy atom. The molecule has 0 aliphatic carbocycles. The molecule has 19 heavy (non-hydrogen) atoms. The number of hydrogen-bond acceptors (Lipinski definition) is 1. The number of benzene rings is 2. The molecule has 2 aromatic rings. The van der Waals surface area contributed by atoms with Crippen LogP contribution in [0.5, 0.6) is 0 Å². The van der Waals surface area contributed by atoms with Gasteiger partial charge in [0.2, 0.25) is 0 Å². The minimum Gasteiger partial charge on any atom is -0.311 e. The van der Waals surface area contributed by atoms with E-state index < -0.39 is 28.9 Å². The van der Waals surface area contributed by atoms with Crippen molar-refractivity contribution in [3.63, 3.8) is 0 Å². The van der Waals surface area contributed by atoms with E-state index in [2.05, 4.69) is 0 Å². The Kier molecular flexibility index (Phi) is 3.55. The molecule has 2 aromatic carbocycles. The van der Waals surface area contributed by atoms with Crippen molar-refractivity contribution in [2.45, 2.75) is 0 Å². The molecule has 0 N–H and O–H groups in total. The van der Waals surface area contributed by atoms with E-state index in [-0.39, 0.29) is 5.69 Å². The van der Waals surface area contributed by atoms with Gasteiger partial charge in [0.25, 0.3) is 5.91 Å². The Labute approximate surface area is 108 Å². The third-order valence-corrected chi connectivity index (χ3v) is 2.68. The van der Waals surface area contributed by atoms with Crippen molar-refractivity contribution in [1.29, 1.82) is 0 Å². The van der Waals surface area contributed by atoms with Crippen molar-refractivity contribution in [3.05, 3.63) is 65.5 Å². The number of hydrogen-bond donors (Lipinski definition) is 0. The Bertz CT molecular complexity index is 628. The summed E-state index contributed by atoms with van der Waals surface area (Å²) in [6.45, 7) is 0. The predicted molar refractivity (Wildman–Crippen MR) is 65.5 cm³/mol. The van der Waals surface area contributed by atoms with Crippen LogP contribution in [0.2, 0.25) is 0 Å². The zero-order valence-electron chi connectivity index (χ0n) is 10.0. The van der Waals surface area contributed by atoms with Crippen LogP contribution in [0.25, 0.3) is 0 Å². The molecule has 2 rings (SSSR count). The lowest BCUT2D eigenvalue weighted by Crippen LogP contribution is -2.27. The molecule has 0 saturated carbocycles. The Hall–Kier alpha value is -2.30. The fourth-order valence-corrected chi connectivity index (χ4v) is 1.65. The minimum absolute atomic E-state index is 0.258. The van der Waals surface area contributed by atoms with Crippen LogP contribution in [0, 0.1) is 17.5 Å². The summed E-state index contributed by atoms with van der Waals surface area (Å²) in [5.41, 5.74) is -0.138. The van der Waals surface area contributed by atoms with Gasteiger partial charge in [-0.2, -0.15) is 0 Å². The molecule has 1 amide bonds. The van der Waals surface area contributed by atoms with Crippen molar-refractivity contribution in [2.24, 2.45) is 0 Å². The summed E-state index contributed by atoms with van der Waals surface area (Å²) >= 11 is 0. The topological polar surface area (TPSA) is 20.3 Å². The standard InChI is InChI=1S/C14H10F3NO/c1-18(10-5-2-4-9(15)8-10)14(19)11-6-3-7-12(16)13(11)17/h2-8H,1H3. The third kappa shape index (κ3) is 2.59. The molecule has 98 valence electrons. The molecule has 0 aliphatic heterocycles. The maximum Gasteiger partial charge on any atom is 0.261 e. The van der Waals surface area contributed by atoms with E-state index in [0.29, 0.717) is 0 Å². The first kappa shape index (κ1) is 13.1. The molecule has 0 unspecified atom stereocenters. The molecule has 0 radical (unpaired) electrons. The maximum absolute atomic E-state index is 13.5. The lowest BCUT2D eigenvalue weighted by Gasteiger charge is -2.17.